The van der Waals surface area contributed by atoms with Crippen LogP contribution in [0, 0.1) is 6.92 Å². The summed E-state index contributed by atoms with van der Waals surface area (Å²) in [6.45, 7) is 2.55. The third kappa shape index (κ3) is 3.31. The minimum atomic E-state index is -0.102. The van der Waals surface area contributed by atoms with Gasteiger partial charge in [-0.3, -0.25) is 0 Å². The highest BCUT2D eigenvalue weighted by molar-refractivity contribution is 7.98. The van der Waals surface area contributed by atoms with E-state index in [9.17, 15) is 0 Å². The van der Waals surface area contributed by atoms with Crippen molar-refractivity contribution in [3.8, 4) is 5.75 Å². The molecule has 0 spiro atoms. The molecule has 3 heteroatoms. The van der Waals surface area contributed by atoms with Crippen LogP contribution in [0.4, 0.5) is 0 Å². The fraction of sp³-hybridized carbons (Fsp3) is 0.250. The molecule has 2 aromatic rings. The van der Waals surface area contributed by atoms with Gasteiger partial charge >= 0.3 is 0 Å². The van der Waals surface area contributed by atoms with E-state index in [0.717, 1.165) is 16.2 Å². The Labute approximate surface area is 119 Å². The minimum absolute atomic E-state index is 0.102. The Morgan fingerprint density at radius 3 is 2.47 bits per heavy atom. The molecule has 2 N–H and O–H groups in total. The molecule has 2 nitrogen and oxygen atoms in total. The molecule has 100 valence electrons. The van der Waals surface area contributed by atoms with E-state index in [2.05, 4.69) is 25.1 Å². The van der Waals surface area contributed by atoms with E-state index >= 15 is 0 Å². The molecular weight excluding hydrogens is 254 g/mol. The maximum absolute atomic E-state index is 6.11. The average Bonchev–Trinajstić information content (AvgIpc) is 2.46. The van der Waals surface area contributed by atoms with Crippen LogP contribution in [0.15, 0.2) is 53.4 Å². The summed E-state index contributed by atoms with van der Waals surface area (Å²) < 4.78 is 6.11. The Kier molecular flexibility index (Phi) is 4.88. The van der Waals surface area contributed by atoms with Gasteiger partial charge in [0.1, 0.15) is 11.9 Å². The van der Waals surface area contributed by atoms with Crippen molar-refractivity contribution in [2.45, 2.75) is 17.9 Å². The Morgan fingerprint density at radius 2 is 1.79 bits per heavy atom. The second kappa shape index (κ2) is 6.64. The molecule has 0 aliphatic rings. The van der Waals surface area contributed by atoms with Crippen molar-refractivity contribution in [3.05, 3.63) is 59.7 Å². The Hall–Kier alpha value is -1.45. The zero-order valence-corrected chi connectivity index (χ0v) is 12.1. The van der Waals surface area contributed by atoms with Gasteiger partial charge in [-0.05, 0) is 36.4 Å². The molecular formula is C16H19NOS. The van der Waals surface area contributed by atoms with Crippen LogP contribution in [0.2, 0.25) is 0 Å². The topological polar surface area (TPSA) is 35.2 Å². The standard InChI is InChI=1S/C16H19NOS/c1-12-7-3-4-8-13(12)15(11-17)18-14-9-5-6-10-16(14)19-2/h3-10,15H,11,17H2,1-2H3. The third-order valence-corrected chi connectivity index (χ3v) is 3.86. The van der Waals surface area contributed by atoms with Gasteiger partial charge in [0.25, 0.3) is 0 Å². The summed E-state index contributed by atoms with van der Waals surface area (Å²) in [7, 11) is 0. The molecule has 2 rings (SSSR count). The largest absolute Gasteiger partial charge is 0.483 e. The van der Waals surface area contributed by atoms with Crippen molar-refractivity contribution in [3.63, 3.8) is 0 Å². The van der Waals surface area contributed by atoms with E-state index in [1.807, 2.05) is 36.6 Å². The van der Waals surface area contributed by atoms with Gasteiger partial charge in [-0.2, -0.15) is 0 Å². The first-order valence-corrected chi connectivity index (χ1v) is 7.54. The van der Waals surface area contributed by atoms with Crippen molar-refractivity contribution >= 4 is 11.8 Å². The SMILES string of the molecule is CSc1ccccc1OC(CN)c1ccccc1C. The molecule has 0 radical (unpaired) electrons. The van der Waals surface area contributed by atoms with E-state index in [0.29, 0.717) is 6.54 Å². The van der Waals surface area contributed by atoms with E-state index in [1.54, 1.807) is 11.8 Å². The summed E-state index contributed by atoms with van der Waals surface area (Å²) >= 11 is 1.68. The Balaban J connectivity index is 2.27. The first-order chi connectivity index (χ1) is 9.26. The summed E-state index contributed by atoms with van der Waals surface area (Å²) in [5.41, 5.74) is 8.24. The van der Waals surface area contributed by atoms with Gasteiger partial charge in [0.2, 0.25) is 0 Å². The lowest BCUT2D eigenvalue weighted by Crippen LogP contribution is -2.19. The molecule has 1 atom stereocenters. The molecule has 0 bridgehead atoms. The molecule has 19 heavy (non-hydrogen) atoms. The zero-order valence-electron chi connectivity index (χ0n) is 11.3. The van der Waals surface area contributed by atoms with Crippen LogP contribution >= 0.6 is 11.8 Å². The van der Waals surface area contributed by atoms with Crippen LogP contribution < -0.4 is 10.5 Å². The van der Waals surface area contributed by atoms with Crippen molar-refractivity contribution in [1.29, 1.82) is 0 Å². The van der Waals surface area contributed by atoms with Crippen LogP contribution in [0.5, 0.6) is 5.75 Å². The number of hydrogen-bond acceptors (Lipinski definition) is 3. The lowest BCUT2D eigenvalue weighted by atomic mass is 10.0. The van der Waals surface area contributed by atoms with Gasteiger partial charge in [0.15, 0.2) is 0 Å². The number of benzene rings is 2. The number of rotatable bonds is 5. The number of ether oxygens (including phenoxy) is 1. The second-order valence-corrected chi connectivity index (χ2v) is 5.20. The van der Waals surface area contributed by atoms with Gasteiger partial charge in [-0.1, -0.05) is 36.4 Å². The fourth-order valence-electron chi connectivity index (χ4n) is 2.06. The first-order valence-electron chi connectivity index (χ1n) is 6.31. The molecule has 0 amide bonds. The molecule has 1 unspecified atom stereocenters. The first kappa shape index (κ1) is 14.0. The van der Waals surface area contributed by atoms with Gasteiger partial charge in [0.05, 0.1) is 0 Å². The highest BCUT2D eigenvalue weighted by Crippen LogP contribution is 2.31. The molecule has 0 aromatic heterocycles. The number of nitrogens with two attached hydrogens (primary N) is 1. The van der Waals surface area contributed by atoms with Gasteiger partial charge < -0.3 is 10.5 Å². The van der Waals surface area contributed by atoms with Crippen molar-refractivity contribution in [2.24, 2.45) is 5.73 Å². The van der Waals surface area contributed by atoms with Gasteiger partial charge in [-0.15, -0.1) is 11.8 Å². The van der Waals surface area contributed by atoms with Crippen LogP contribution in [-0.4, -0.2) is 12.8 Å². The smallest absolute Gasteiger partial charge is 0.136 e. The second-order valence-electron chi connectivity index (χ2n) is 4.35. The summed E-state index contributed by atoms with van der Waals surface area (Å²) in [6, 6.07) is 16.3. The zero-order chi connectivity index (χ0) is 13.7. The van der Waals surface area contributed by atoms with E-state index < -0.39 is 0 Å². The highest BCUT2D eigenvalue weighted by atomic mass is 32.2. The predicted molar refractivity (Wildman–Crippen MR) is 81.8 cm³/mol. The summed E-state index contributed by atoms with van der Waals surface area (Å²) in [4.78, 5) is 1.13. The Morgan fingerprint density at radius 1 is 1.11 bits per heavy atom. The molecule has 0 fully saturated rings. The lowest BCUT2D eigenvalue weighted by Gasteiger charge is -2.21. The maximum atomic E-state index is 6.11. The minimum Gasteiger partial charge on any atom is -0.483 e. The van der Waals surface area contributed by atoms with Gasteiger partial charge in [0, 0.05) is 11.4 Å². The molecule has 0 saturated carbocycles. The van der Waals surface area contributed by atoms with Gasteiger partial charge in [-0.25, -0.2) is 0 Å². The van der Waals surface area contributed by atoms with E-state index in [4.69, 9.17) is 10.5 Å². The summed E-state index contributed by atoms with van der Waals surface area (Å²) in [5.74, 6) is 0.897. The Bertz CT molecular complexity index is 542. The van der Waals surface area contributed by atoms with Crippen molar-refractivity contribution in [2.75, 3.05) is 12.8 Å². The number of para-hydroxylation sites is 1. The average molecular weight is 273 g/mol. The van der Waals surface area contributed by atoms with Crippen molar-refractivity contribution < 1.29 is 4.74 Å². The van der Waals surface area contributed by atoms with Crippen LogP contribution in [-0.2, 0) is 0 Å². The van der Waals surface area contributed by atoms with Crippen LogP contribution in [0.1, 0.15) is 17.2 Å². The van der Waals surface area contributed by atoms with Crippen LogP contribution in [0.25, 0.3) is 0 Å². The number of thioether (sulfide) groups is 1. The molecule has 0 saturated heterocycles. The third-order valence-electron chi connectivity index (χ3n) is 3.09. The monoisotopic (exact) mass is 273 g/mol. The molecule has 0 heterocycles. The van der Waals surface area contributed by atoms with Crippen molar-refractivity contribution in [1.82, 2.24) is 0 Å². The van der Waals surface area contributed by atoms with Crippen LogP contribution in [0.3, 0.4) is 0 Å². The maximum Gasteiger partial charge on any atom is 0.136 e. The molecule has 0 aliphatic carbocycles. The lowest BCUT2D eigenvalue weighted by molar-refractivity contribution is 0.208. The highest BCUT2D eigenvalue weighted by Gasteiger charge is 2.15. The summed E-state index contributed by atoms with van der Waals surface area (Å²) in [5, 5.41) is 0. The predicted octanol–water partition coefficient (Wildman–Crippen LogP) is 3.80. The quantitative estimate of drug-likeness (QED) is 0.842. The molecule has 2 aromatic carbocycles. The number of hydrogen-bond donors (Lipinski definition) is 1. The fourth-order valence-corrected chi connectivity index (χ4v) is 2.59. The molecule has 0 aliphatic heterocycles. The summed E-state index contributed by atoms with van der Waals surface area (Å²) in [6.07, 6.45) is 1.95. The van der Waals surface area contributed by atoms with E-state index in [1.165, 1.54) is 5.56 Å². The normalized spacial score (nSPS) is 12.2. The number of aryl methyl sites for hydroxylation is 1. The van der Waals surface area contributed by atoms with E-state index in [-0.39, 0.29) is 6.10 Å².